The minimum atomic E-state index is -0.424. The number of aromatic nitrogens is 1. The van der Waals surface area contributed by atoms with E-state index in [0.29, 0.717) is 29.4 Å². The summed E-state index contributed by atoms with van der Waals surface area (Å²) in [6, 6.07) is 5.00. The van der Waals surface area contributed by atoms with E-state index in [-0.39, 0.29) is 5.76 Å². The molecule has 0 aliphatic carbocycles. The van der Waals surface area contributed by atoms with Crippen LogP contribution in [0.4, 0.5) is 5.13 Å². The Morgan fingerprint density at radius 1 is 1.36 bits per heavy atom. The lowest BCUT2D eigenvalue weighted by Crippen LogP contribution is -2.20. The molecule has 0 saturated heterocycles. The molecule has 8 heteroatoms. The number of nitrogens with one attached hydrogen (secondary N) is 1. The molecule has 2 aromatic rings. The second-order valence-corrected chi connectivity index (χ2v) is 5.38. The van der Waals surface area contributed by atoms with Crippen LogP contribution in [0.25, 0.3) is 10.2 Å². The van der Waals surface area contributed by atoms with Gasteiger partial charge in [-0.3, -0.25) is 10.1 Å². The molecule has 7 nitrogen and oxygen atoms in total. The van der Waals surface area contributed by atoms with Crippen LogP contribution in [-0.4, -0.2) is 37.2 Å². The zero-order chi connectivity index (χ0) is 15.5. The van der Waals surface area contributed by atoms with Crippen molar-refractivity contribution in [2.75, 3.05) is 25.6 Å². The predicted molar refractivity (Wildman–Crippen MR) is 79.6 cm³/mol. The van der Waals surface area contributed by atoms with Crippen molar-refractivity contribution < 1.29 is 23.8 Å². The first kappa shape index (κ1) is 14.3. The molecule has 0 radical (unpaired) electrons. The topological polar surface area (TPSA) is 86.8 Å². The number of esters is 1. The second-order valence-electron chi connectivity index (χ2n) is 4.35. The van der Waals surface area contributed by atoms with Crippen molar-refractivity contribution in [3.05, 3.63) is 35.8 Å². The molecular weight excluding hydrogens is 308 g/mol. The minimum absolute atomic E-state index is 0.112. The number of carbonyl (C=O) groups excluding carboxylic acids is 2. The minimum Gasteiger partial charge on any atom is -0.494 e. The first-order chi connectivity index (χ1) is 10.7. The van der Waals surface area contributed by atoms with E-state index in [1.165, 1.54) is 24.7 Å². The fraction of sp³-hybridized carbons (Fsp3) is 0.214. The molecule has 0 atom stereocenters. The largest absolute Gasteiger partial charge is 0.494 e. The Morgan fingerprint density at radius 2 is 2.23 bits per heavy atom. The number of ether oxygens (including phenoxy) is 3. The number of benzene rings is 1. The Kier molecular flexibility index (Phi) is 3.92. The van der Waals surface area contributed by atoms with Crippen LogP contribution in [0.15, 0.2) is 30.2 Å². The van der Waals surface area contributed by atoms with Gasteiger partial charge >= 0.3 is 5.97 Å². The third kappa shape index (κ3) is 2.86. The number of hydrogen-bond acceptors (Lipinski definition) is 7. The van der Waals surface area contributed by atoms with Gasteiger partial charge in [-0.15, -0.1) is 0 Å². The Hall–Kier alpha value is -2.61. The first-order valence-electron chi connectivity index (χ1n) is 6.42. The van der Waals surface area contributed by atoms with Gasteiger partial charge in [-0.25, -0.2) is 9.78 Å². The van der Waals surface area contributed by atoms with E-state index < -0.39 is 11.9 Å². The standard InChI is InChI=1S/C14H12N2O5S/c1-19-13(18)8-2-3-9-11(6-8)22-14(15-9)16-12(17)10-7-20-4-5-21-10/h2-3,6-7H,4-5H2,1H3,(H,15,16,17). The molecule has 1 aromatic heterocycles. The van der Waals surface area contributed by atoms with E-state index >= 15 is 0 Å². The highest BCUT2D eigenvalue weighted by molar-refractivity contribution is 7.22. The van der Waals surface area contributed by atoms with Gasteiger partial charge in [0.2, 0.25) is 5.76 Å². The van der Waals surface area contributed by atoms with Gasteiger partial charge < -0.3 is 14.2 Å². The summed E-state index contributed by atoms with van der Waals surface area (Å²) in [5.74, 6) is -0.730. The van der Waals surface area contributed by atoms with Crippen LogP contribution in [0.1, 0.15) is 10.4 Å². The highest BCUT2D eigenvalue weighted by atomic mass is 32.1. The zero-order valence-electron chi connectivity index (χ0n) is 11.6. The van der Waals surface area contributed by atoms with E-state index in [9.17, 15) is 9.59 Å². The van der Waals surface area contributed by atoms with Crippen molar-refractivity contribution in [1.29, 1.82) is 0 Å². The van der Waals surface area contributed by atoms with Gasteiger partial charge in [0.1, 0.15) is 19.5 Å². The third-order valence-corrected chi connectivity index (χ3v) is 3.84. The van der Waals surface area contributed by atoms with Crippen molar-refractivity contribution in [3.8, 4) is 0 Å². The number of thiazole rings is 1. The summed E-state index contributed by atoms with van der Waals surface area (Å²) in [5, 5.41) is 3.06. The zero-order valence-corrected chi connectivity index (χ0v) is 12.4. The summed E-state index contributed by atoms with van der Waals surface area (Å²) in [6.45, 7) is 0.760. The SMILES string of the molecule is COC(=O)c1ccc2nc(NC(=O)C3=COCCO3)sc2c1. The predicted octanol–water partition coefficient (Wildman–Crippen LogP) is 1.91. The smallest absolute Gasteiger partial charge is 0.337 e. The molecule has 0 bridgehead atoms. The normalized spacial score (nSPS) is 13.8. The average Bonchev–Trinajstić information content (AvgIpc) is 2.96. The summed E-state index contributed by atoms with van der Waals surface area (Å²) >= 11 is 1.26. The highest BCUT2D eigenvalue weighted by Gasteiger charge is 2.17. The fourth-order valence-corrected chi connectivity index (χ4v) is 2.77. The van der Waals surface area contributed by atoms with Gasteiger partial charge in [0.25, 0.3) is 5.91 Å². The number of rotatable bonds is 3. The summed E-state index contributed by atoms with van der Waals surface area (Å²) in [4.78, 5) is 27.8. The molecule has 1 N–H and O–H groups in total. The van der Waals surface area contributed by atoms with Crippen molar-refractivity contribution in [3.63, 3.8) is 0 Å². The Bertz CT molecular complexity index is 768. The average molecular weight is 320 g/mol. The molecular formula is C14H12N2O5S. The first-order valence-corrected chi connectivity index (χ1v) is 7.24. The van der Waals surface area contributed by atoms with E-state index in [2.05, 4.69) is 15.0 Å². The van der Waals surface area contributed by atoms with Gasteiger partial charge in [-0.2, -0.15) is 0 Å². The summed E-state index contributed by atoms with van der Waals surface area (Å²) < 4.78 is 15.7. The number of amides is 1. The quantitative estimate of drug-likeness (QED) is 0.869. The molecule has 0 saturated carbocycles. The molecule has 0 spiro atoms. The number of methoxy groups -OCH3 is 1. The van der Waals surface area contributed by atoms with Gasteiger partial charge in [0.05, 0.1) is 22.9 Å². The van der Waals surface area contributed by atoms with Crippen LogP contribution in [0.5, 0.6) is 0 Å². The maximum absolute atomic E-state index is 12.0. The van der Waals surface area contributed by atoms with Crippen molar-refractivity contribution in [2.24, 2.45) is 0 Å². The number of hydrogen-bond donors (Lipinski definition) is 1. The van der Waals surface area contributed by atoms with Gasteiger partial charge in [-0.1, -0.05) is 11.3 Å². The lowest BCUT2D eigenvalue weighted by molar-refractivity contribution is -0.117. The van der Waals surface area contributed by atoms with Crippen molar-refractivity contribution in [2.45, 2.75) is 0 Å². The van der Waals surface area contributed by atoms with Gasteiger partial charge in [0.15, 0.2) is 5.13 Å². The van der Waals surface area contributed by atoms with Crippen LogP contribution >= 0.6 is 11.3 Å². The van der Waals surface area contributed by atoms with E-state index in [0.717, 1.165) is 4.70 Å². The molecule has 2 heterocycles. The maximum Gasteiger partial charge on any atom is 0.337 e. The number of carbonyl (C=O) groups is 2. The molecule has 1 aliphatic heterocycles. The van der Waals surface area contributed by atoms with Crippen molar-refractivity contribution >= 4 is 38.6 Å². The number of fused-ring (bicyclic) bond motifs is 1. The Balaban J connectivity index is 1.81. The van der Waals surface area contributed by atoms with Crippen LogP contribution in [0, 0.1) is 0 Å². The highest BCUT2D eigenvalue weighted by Crippen LogP contribution is 2.27. The van der Waals surface area contributed by atoms with E-state index in [1.54, 1.807) is 18.2 Å². The van der Waals surface area contributed by atoms with Crippen LogP contribution in [-0.2, 0) is 19.0 Å². The summed E-state index contributed by atoms with van der Waals surface area (Å²) in [6.07, 6.45) is 1.28. The Labute approximate surface area is 129 Å². The molecule has 0 fully saturated rings. The monoisotopic (exact) mass is 320 g/mol. The molecule has 114 valence electrons. The van der Waals surface area contributed by atoms with Crippen LogP contribution in [0.2, 0.25) is 0 Å². The summed E-state index contributed by atoms with van der Waals surface area (Å²) in [5.41, 5.74) is 1.12. The Morgan fingerprint density at radius 3 is 2.95 bits per heavy atom. The number of nitrogens with zero attached hydrogens (tertiary/aromatic N) is 1. The third-order valence-electron chi connectivity index (χ3n) is 2.90. The van der Waals surface area contributed by atoms with E-state index in [4.69, 9.17) is 9.47 Å². The maximum atomic E-state index is 12.0. The fourth-order valence-electron chi connectivity index (χ4n) is 1.87. The molecule has 1 amide bonds. The second kappa shape index (κ2) is 6.02. The lowest BCUT2D eigenvalue weighted by Gasteiger charge is -2.13. The summed E-state index contributed by atoms with van der Waals surface area (Å²) in [7, 11) is 1.32. The van der Waals surface area contributed by atoms with Gasteiger partial charge in [0, 0.05) is 0 Å². The molecule has 22 heavy (non-hydrogen) atoms. The molecule has 1 aromatic carbocycles. The molecule has 0 unspecified atom stereocenters. The number of anilines is 1. The molecule has 3 rings (SSSR count). The lowest BCUT2D eigenvalue weighted by atomic mass is 10.2. The van der Waals surface area contributed by atoms with Crippen LogP contribution < -0.4 is 5.32 Å². The molecule has 1 aliphatic rings. The van der Waals surface area contributed by atoms with E-state index in [1.807, 2.05) is 0 Å². The van der Waals surface area contributed by atoms with Crippen LogP contribution in [0.3, 0.4) is 0 Å². The van der Waals surface area contributed by atoms with Gasteiger partial charge in [-0.05, 0) is 18.2 Å². The van der Waals surface area contributed by atoms with Crippen molar-refractivity contribution in [1.82, 2.24) is 4.98 Å².